The van der Waals surface area contributed by atoms with E-state index < -0.39 is 5.97 Å². The Labute approximate surface area is 116 Å². The van der Waals surface area contributed by atoms with Gasteiger partial charge in [0.05, 0.1) is 12.6 Å². The topological polar surface area (TPSA) is 68.3 Å². The fourth-order valence-corrected chi connectivity index (χ4v) is 2.07. The number of thiazole rings is 1. The number of hydrogen-bond donors (Lipinski definition) is 1. The standard InChI is InChI=1S/C13H16N2O3S/c1-4-7-9(5-2)14-11(16)10-8-19-12(15-10)13(17)18-6-3/h2,8-9H,4,6-7H2,1,3H3,(H,14,16). The Bertz CT molecular complexity index is 490. The maximum atomic E-state index is 11.9. The number of esters is 1. The third-order valence-corrected chi connectivity index (χ3v) is 3.09. The molecule has 0 saturated carbocycles. The Morgan fingerprint density at radius 3 is 2.89 bits per heavy atom. The molecule has 1 aromatic rings. The molecule has 5 nitrogen and oxygen atoms in total. The number of amides is 1. The van der Waals surface area contributed by atoms with E-state index in [0.29, 0.717) is 6.42 Å². The van der Waals surface area contributed by atoms with Gasteiger partial charge in [0.15, 0.2) is 0 Å². The smallest absolute Gasteiger partial charge is 0.367 e. The molecule has 1 aromatic heterocycles. The van der Waals surface area contributed by atoms with E-state index in [4.69, 9.17) is 11.2 Å². The molecule has 1 atom stereocenters. The average molecular weight is 280 g/mol. The maximum Gasteiger partial charge on any atom is 0.367 e. The van der Waals surface area contributed by atoms with Crippen LogP contribution in [-0.4, -0.2) is 29.5 Å². The van der Waals surface area contributed by atoms with Crippen LogP contribution in [0.4, 0.5) is 0 Å². The first-order valence-electron chi connectivity index (χ1n) is 6.02. The van der Waals surface area contributed by atoms with Crippen molar-refractivity contribution in [2.75, 3.05) is 6.61 Å². The van der Waals surface area contributed by atoms with Crippen LogP contribution < -0.4 is 5.32 Å². The Hall–Kier alpha value is -1.87. The van der Waals surface area contributed by atoms with Crippen LogP contribution in [0.25, 0.3) is 0 Å². The summed E-state index contributed by atoms with van der Waals surface area (Å²) in [6.45, 7) is 3.97. The highest BCUT2D eigenvalue weighted by atomic mass is 32.1. The summed E-state index contributed by atoms with van der Waals surface area (Å²) in [6, 6.07) is -0.315. The molecule has 0 fully saturated rings. The molecule has 1 N–H and O–H groups in total. The van der Waals surface area contributed by atoms with Crippen LogP contribution in [0.1, 0.15) is 47.0 Å². The van der Waals surface area contributed by atoms with E-state index >= 15 is 0 Å². The van der Waals surface area contributed by atoms with Crippen molar-refractivity contribution >= 4 is 23.2 Å². The molecule has 102 valence electrons. The molecule has 0 aromatic carbocycles. The Balaban J connectivity index is 2.68. The molecule has 6 heteroatoms. The predicted molar refractivity (Wildman–Crippen MR) is 73.1 cm³/mol. The molecule has 19 heavy (non-hydrogen) atoms. The highest BCUT2D eigenvalue weighted by Gasteiger charge is 2.17. The fraction of sp³-hybridized carbons (Fsp3) is 0.462. The van der Waals surface area contributed by atoms with E-state index in [9.17, 15) is 9.59 Å². The van der Waals surface area contributed by atoms with Gasteiger partial charge in [-0.25, -0.2) is 9.78 Å². The molecular formula is C13H16N2O3S. The second-order valence-electron chi connectivity index (χ2n) is 3.74. The van der Waals surface area contributed by atoms with Gasteiger partial charge in [0.25, 0.3) is 5.91 Å². The van der Waals surface area contributed by atoms with Gasteiger partial charge < -0.3 is 10.1 Å². The van der Waals surface area contributed by atoms with E-state index in [1.165, 1.54) is 5.38 Å². The summed E-state index contributed by atoms with van der Waals surface area (Å²) < 4.78 is 4.81. The van der Waals surface area contributed by atoms with E-state index in [-0.39, 0.29) is 29.3 Å². The fourth-order valence-electron chi connectivity index (χ4n) is 1.38. The lowest BCUT2D eigenvalue weighted by Crippen LogP contribution is -2.33. The molecular weight excluding hydrogens is 264 g/mol. The zero-order valence-corrected chi connectivity index (χ0v) is 11.8. The minimum Gasteiger partial charge on any atom is -0.461 e. The number of hydrogen-bond acceptors (Lipinski definition) is 5. The summed E-state index contributed by atoms with van der Waals surface area (Å²) in [6.07, 6.45) is 6.90. The first-order valence-corrected chi connectivity index (χ1v) is 6.89. The normalized spacial score (nSPS) is 11.4. The van der Waals surface area contributed by atoms with Crippen LogP contribution in [0.5, 0.6) is 0 Å². The van der Waals surface area contributed by atoms with E-state index in [1.807, 2.05) is 6.92 Å². The summed E-state index contributed by atoms with van der Waals surface area (Å²) in [5, 5.41) is 4.37. The molecule has 0 aliphatic rings. The zero-order chi connectivity index (χ0) is 14.3. The van der Waals surface area contributed by atoms with E-state index in [2.05, 4.69) is 16.2 Å². The number of aromatic nitrogens is 1. The molecule has 1 amide bonds. The first kappa shape index (κ1) is 15.2. The molecule has 0 bridgehead atoms. The van der Waals surface area contributed by atoms with Crippen LogP contribution in [-0.2, 0) is 4.74 Å². The Morgan fingerprint density at radius 1 is 1.58 bits per heavy atom. The molecule has 0 saturated heterocycles. The van der Waals surface area contributed by atoms with Gasteiger partial charge in [0.1, 0.15) is 5.69 Å². The lowest BCUT2D eigenvalue weighted by Gasteiger charge is -2.10. The summed E-state index contributed by atoms with van der Waals surface area (Å²) in [5.74, 6) is 1.61. The highest BCUT2D eigenvalue weighted by Crippen LogP contribution is 2.11. The lowest BCUT2D eigenvalue weighted by molar-refractivity contribution is 0.0526. The van der Waals surface area contributed by atoms with Crippen molar-refractivity contribution in [3.8, 4) is 12.3 Å². The van der Waals surface area contributed by atoms with Crippen molar-refractivity contribution in [2.24, 2.45) is 0 Å². The van der Waals surface area contributed by atoms with Gasteiger partial charge >= 0.3 is 5.97 Å². The second-order valence-corrected chi connectivity index (χ2v) is 4.60. The number of carbonyl (C=O) groups excluding carboxylic acids is 2. The van der Waals surface area contributed by atoms with Gasteiger partial charge in [-0.15, -0.1) is 17.8 Å². The summed E-state index contributed by atoms with van der Waals surface area (Å²) >= 11 is 1.08. The van der Waals surface area contributed by atoms with Gasteiger partial charge in [-0.05, 0) is 13.3 Å². The maximum absolute atomic E-state index is 11.9. The SMILES string of the molecule is C#CC(CCC)NC(=O)c1csc(C(=O)OCC)n1. The number of terminal acetylenes is 1. The number of carbonyl (C=O) groups is 2. The third kappa shape index (κ3) is 4.38. The molecule has 1 heterocycles. The Kier molecular flexibility index (Phi) is 6.03. The van der Waals surface area contributed by atoms with Gasteiger partial charge in [-0.2, -0.15) is 0 Å². The molecule has 0 radical (unpaired) electrons. The van der Waals surface area contributed by atoms with Crippen molar-refractivity contribution in [3.05, 3.63) is 16.1 Å². The van der Waals surface area contributed by atoms with Crippen LogP contribution >= 0.6 is 11.3 Å². The van der Waals surface area contributed by atoms with Crippen LogP contribution in [0.3, 0.4) is 0 Å². The van der Waals surface area contributed by atoms with E-state index in [0.717, 1.165) is 17.8 Å². The highest BCUT2D eigenvalue weighted by molar-refractivity contribution is 7.11. The van der Waals surface area contributed by atoms with Gasteiger partial charge in [0.2, 0.25) is 5.01 Å². The van der Waals surface area contributed by atoms with Crippen LogP contribution in [0, 0.1) is 12.3 Å². The first-order chi connectivity index (χ1) is 9.12. The number of ether oxygens (including phenoxy) is 1. The minimum absolute atomic E-state index is 0.166. The van der Waals surface area contributed by atoms with Crippen LogP contribution in [0.15, 0.2) is 5.38 Å². The number of nitrogens with one attached hydrogen (secondary N) is 1. The average Bonchev–Trinajstić information content (AvgIpc) is 2.88. The number of nitrogens with zero attached hydrogens (tertiary/aromatic N) is 1. The molecule has 1 unspecified atom stereocenters. The summed E-state index contributed by atoms with van der Waals surface area (Å²) in [5.41, 5.74) is 0.185. The molecule has 0 spiro atoms. The van der Waals surface area contributed by atoms with Crippen LogP contribution in [0.2, 0.25) is 0 Å². The van der Waals surface area contributed by atoms with Gasteiger partial charge in [-0.3, -0.25) is 4.79 Å². The quantitative estimate of drug-likeness (QED) is 0.638. The molecule has 0 aliphatic heterocycles. The third-order valence-electron chi connectivity index (χ3n) is 2.27. The second kappa shape index (κ2) is 7.54. The van der Waals surface area contributed by atoms with Crippen molar-refractivity contribution < 1.29 is 14.3 Å². The summed E-state index contributed by atoms with van der Waals surface area (Å²) in [7, 11) is 0. The molecule has 1 rings (SSSR count). The molecule has 0 aliphatic carbocycles. The summed E-state index contributed by atoms with van der Waals surface area (Å²) in [4.78, 5) is 27.2. The predicted octanol–water partition coefficient (Wildman–Crippen LogP) is 1.85. The van der Waals surface area contributed by atoms with Gasteiger partial charge in [0, 0.05) is 5.38 Å². The van der Waals surface area contributed by atoms with Crippen molar-refractivity contribution in [3.63, 3.8) is 0 Å². The van der Waals surface area contributed by atoms with Crippen molar-refractivity contribution in [1.82, 2.24) is 10.3 Å². The Morgan fingerprint density at radius 2 is 2.32 bits per heavy atom. The van der Waals surface area contributed by atoms with Crippen molar-refractivity contribution in [1.29, 1.82) is 0 Å². The van der Waals surface area contributed by atoms with E-state index in [1.54, 1.807) is 6.92 Å². The van der Waals surface area contributed by atoms with Crippen molar-refractivity contribution in [2.45, 2.75) is 32.7 Å². The van der Waals surface area contributed by atoms with Gasteiger partial charge in [-0.1, -0.05) is 19.3 Å². The minimum atomic E-state index is -0.520. The monoisotopic (exact) mass is 280 g/mol. The number of rotatable bonds is 6. The lowest BCUT2D eigenvalue weighted by atomic mass is 10.2. The largest absolute Gasteiger partial charge is 0.461 e. The zero-order valence-electron chi connectivity index (χ0n) is 10.9.